The van der Waals surface area contributed by atoms with Gasteiger partial charge in [0.2, 0.25) is 0 Å². The van der Waals surface area contributed by atoms with Crippen LogP contribution in [-0.4, -0.2) is 54.5 Å². The molecule has 1 fully saturated rings. The molecule has 0 atom stereocenters. The van der Waals surface area contributed by atoms with Gasteiger partial charge in [0.05, 0.1) is 15.6 Å². The van der Waals surface area contributed by atoms with E-state index in [1.165, 1.54) is 23.5 Å². The molecule has 4 heterocycles. The minimum Gasteiger partial charge on any atom is -0.444 e. The number of likely N-dealkylation sites (tertiary alicyclic amines) is 1. The average Bonchev–Trinajstić information content (AvgIpc) is 3.47. The molecule has 0 unspecified atom stereocenters. The summed E-state index contributed by atoms with van der Waals surface area (Å²) in [6.45, 7) is 10.6. The molecule has 0 spiro atoms. The molecule has 1 saturated heterocycles. The van der Waals surface area contributed by atoms with Gasteiger partial charge < -0.3 is 9.64 Å². The Morgan fingerprint density at radius 3 is 2.50 bits per heavy atom. The van der Waals surface area contributed by atoms with Crippen LogP contribution in [-0.2, 0) is 4.74 Å². The van der Waals surface area contributed by atoms with E-state index in [1.807, 2.05) is 46.8 Å². The van der Waals surface area contributed by atoms with Gasteiger partial charge in [0.15, 0.2) is 11.5 Å². The lowest BCUT2D eigenvalue weighted by Gasteiger charge is -2.32. The number of thiazole rings is 1. The molecule has 1 amide bonds. The number of aromatic nitrogens is 5. The summed E-state index contributed by atoms with van der Waals surface area (Å²) in [7, 11) is 0. The molecular weight excluding hydrogens is 510 g/mol. The number of amides is 1. The summed E-state index contributed by atoms with van der Waals surface area (Å²) in [5.41, 5.74) is 1.30. The zero-order valence-corrected chi connectivity index (χ0v) is 22.9. The fraction of sp³-hybridized carbons (Fsp3) is 0.444. The van der Waals surface area contributed by atoms with Gasteiger partial charge >= 0.3 is 6.09 Å². The molecule has 200 valence electrons. The van der Waals surface area contributed by atoms with Gasteiger partial charge in [-0.25, -0.2) is 18.6 Å². The van der Waals surface area contributed by atoms with Crippen molar-refractivity contribution in [2.24, 2.45) is 0 Å². The van der Waals surface area contributed by atoms with E-state index in [1.54, 1.807) is 9.42 Å². The Balaban J connectivity index is 1.51. The van der Waals surface area contributed by atoms with Crippen molar-refractivity contribution >= 4 is 23.1 Å². The minimum absolute atomic E-state index is 0.0829. The Labute approximate surface area is 223 Å². The molecule has 0 bridgehead atoms. The normalized spacial score (nSPS) is 15.0. The van der Waals surface area contributed by atoms with E-state index < -0.39 is 17.2 Å². The third-order valence-electron chi connectivity index (χ3n) is 6.36. The standard InChI is InChI=1S/C27H30F2N6O2S/c1-15(2)24-32-31-21-9-8-20(33-35(21)24)23-22(18-7-6-17(28)14-19(18)29)30-25(38-23)16-10-12-34(13-11-16)26(36)37-27(3,4)5/h6-9,14-16H,10-13H2,1-5H3. The molecule has 38 heavy (non-hydrogen) atoms. The topological polar surface area (TPSA) is 85.5 Å². The van der Waals surface area contributed by atoms with Crippen LogP contribution in [0.4, 0.5) is 13.6 Å². The maximum Gasteiger partial charge on any atom is 0.410 e. The Morgan fingerprint density at radius 1 is 1.11 bits per heavy atom. The van der Waals surface area contributed by atoms with Crippen LogP contribution >= 0.6 is 11.3 Å². The smallest absolute Gasteiger partial charge is 0.410 e. The van der Waals surface area contributed by atoms with Crippen LogP contribution in [0.15, 0.2) is 30.3 Å². The van der Waals surface area contributed by atoms with E-state index >= 15 is 0 Å². The molecule has 0 aliphatic carbocycles. The van der Waals surface area contributed by atoms with E-state index in [-0.39, 0.29) is 23.5 Å². The second-order valence-electron chi connectivity index (χ2n) is 10.8. The van der Waals surface area contributed by atoms with E-state index in [9.17, 15) is 13.6 Å². The van der Waals surface area contributed by atoms with Crippen LogP contribution in [0.1, 0.15) is 70.1 Å². The zero-order chi connectivity index (χ0) is 27.2. The predicted octanol–water partition coefficient (Wildman–Crippen LogP) is 6.43. The number of ether oxygens (including phenoxy) is 1. The number of hydrogen-bond donors (Lipinski definition) is 0. The molecule has 4 aromatic rings. The highest BCUT2D eigenvalue weighted by Crippen LogP contribution is 2.42. The fourth-order valence-electron chi connectivity index (χ4n) is 4.47. The molecule has 0 saturated carbocycles. The summed E-state index contributed by atoms with van der Waals surface area (Å²) < 4.78 is 35.9. The van der Waals surface area contributed by atoms with Crippen molar-refractivity contribution in [2.75, 3.05) is 13.1 Å². The second kappa shape index (κ2) is 10.0. The van der Waals surface area contributed by atoms with Crippen LogP contribution in [0, 0.1) is 11.6 Å². The molecule has 1 aliphatic rings. The number of nitrogens with zero attached hydrogens (tertiary/aromatic N) is 6. The van der Waals surface area contributed by atoms with Crippen LogP contribution in [0.25, 0.3) is 27.5 Å². The largest absolute Gasteiger partial charge is 0.444 e. The molecule has 0 radical (unpaired) electrons. The SMILES string of the molecule is CC(C)c1nnc2ccc(-c3sc(C4CCN(C(=O)OC(C)(C)C)CC4)nc3-c3ccc(F)cc3F)nn12. The first-order valence-corrected chi connectivity index (χ1v) is 13.5. The van der Waals surface area contributed by atoms with Crippen molar-refractivity contribution in [1.29, 1.82) is 0 Å². The summed E-state index contributed by atoms with van der Waals surface area (Å²) in [4.78, 5) is 19.8. The number of carbonyl (C=O) groups is 1. The first-order chi connectivity index (χ1) is 18.0. The van der Waals surface area contributed by atoms with Gasteiger partial charge in [0, 0.05) is 36.6 Å². The van der Waals surface area contributed by atoms with Crippen molar-refractivity contribution in [3.8, 4) is 21.8 Å². The van der Waals surface area contributed by atoms with Crippen molar-refractivity contribution in [3.05, 3.63) is 52.8 Å². The first-order valence-electron chi connectivity index (χ1n) is 12.7. The Morgan fingerprint density at radius 2 is 1.84 bits per heavy atom. The van der Waals surface area contributed by atoms with Crippen molar-refractivity contribution in [1.82, 2.24) is 29.7 Å². The predicted molar refractivity (Wildman–Crippen MR) is 141 cm³/mol. The van der Waals surface area contributed by atoms with Gasteiger partial charge in [-0.15, -0.1) is 21.5 Å². The molecule has 0 N–H and O–H groups in total. The number of piperidine rings is 1. The lowest BCUT2D eigenvalue weighted by Crippen LogP contribution is -2.41. The van der Waals surface area contributed by atoms with Crippen LogP contribution in [0.5, 0.6) is 0 Å². The number of halogens is 2. The molecular formula is C27H30F2N6O2S. The van der Waals surface area contributed by atoms with Gasteiger partial charge in [0.25, 0.3) is 0 Å². The minimum atomic E-state index is -0.684. The Hall–Kier alpha value is -3.47. The molecule has 5 rings (SSSR count). The number of rotatable bonds is 4. The van der Waals surface area contributed by atoms with Gasteiger partial charge in [-0.2, -0.15) is 9.61 Å². The van der Waals surface area contributed by atoms with Crippen molar-refractivity contribution < 1.29 is 18.3 Å². The number of fused-ring (bicyclic) bond motifs is 1. The first kappa shape index (κ1) is 26.1. The molecule has 1 aliphatic heterocycles. The lowest BCUT2D eigenvalue weighted by atomic mass is 9.98. The molecule has 11 heteroatoms. The van der Waals surface area contributed by atoms with Crippen molar-refractivity contribution in [2.45, 2.75) is 64.9 Å². The fourth-order valence-corrected chi connectivity index (χ4v) is 5.69. The second-order valence-corrected chi connectivity index (χ2v) is 11.8. The monoisotopic (exact) mass is 540 g/mol. The van der Waals surface area contributed by atoms with E-state index in [0.717, 1.165) is 16.9 Å². The maximum atomic E-state index is 15.0. The van der Waals surface area contributed by atoms with Crippen molar-refractivity contribution in [3.63, 3.8) is 0 Å². The average molecular weight is 541 g/mol. The lowest BCUT2D eigenvalue weighted by molar-refractivity contribution is 0.0205. The maximum absolute atomic E-state index is 15.0. The molecule has 8 nitrogen and oxygen atoms in total. The van der Waals surface area contributed by atoms with E-state index in [2.05, 4.69) is 10.2 Å². The highest BCUT2D eigenvalue weighted by atomic mass is 32.1. The Kier molecular flexibility index (Phi) is 6.89. The quantitative estimate of drug-likeness (QED) is 0.297. The number of hydrogen-bond acceptors (Lipinski definition) is 7. The highest BCUT2D eigenvalue weighted by Gasteiger charge is 2.30. The highest BCUT2D eigenvalue weighted by molar-refractivity contribution is 7.15. The molecule has 3 aromatic heterocycles. The molecule has 1 aromatic carbocycles. The summed E-state index contributed by atoms with van der Waals surface area (Å²) in [5.74, 6) is -0.427. The van der Waals surface area contributed by atoms with Crippen LogP contribution in [0.3, 0.4) is 0 Å². The Bertz CT molecular complexity index is 1480. The van der Waals surface area contributed by atoms with Crippen LogP contribution in [0.2, 0.25) is 0 Å². The number of carbonyl (C=O) groups excluding carboxylic acids is 1. The van der Waals surface area contributed by atoms with Gasteiger partial charge in [-0.05, 0) is 57.9 Å². The van der Waals surface area contributed by atoms with Gasteiger partial charge in [0.1, 0.15) is 22.9 Å². The summed E-state index contributed by atoms with van der Waals surface area (Å²) in [6, 6.07) is 7.15. The van der Waals surface area contributed by atoms with E-state index in [4.69, 9.17) is 14.8 Å². The van der Waals surface area contributed by atoms with Crippen LogP contribution < -0.4 is 0 Å². The third kappa shape index (κ3) is 5.24. The van der Waals surface area contributed by atoms with Gasteiger partial charge in [-0.3, -0.25) is 0 Å². The summed E-state index contributed by atoms with van der Waals surface area (Å²) in [5, 5.41) is 14.1. The third-order valence-corrected chi connectivity index (χ3v) is 7.60. The summed E-state index contributed by atoms with van der Waals surface area (Å²) in [6.07, 6.45) is 1.08. The van der Waals surface area contributed by atoms with Gasteiger partial charge in [-0.1, -0.05) is 13.8 Å². The summed E-state index contributed by atoms with van der Waals surface area (Å²) >= 11 is 1.45. The zero-order valence-electron chi connectivity index (χ0n) is 22.0. The van der Waals surface area contributed by atoms with E-state index in [0.29, 0.717) is 47.8 Å². The number of benzene rings is 1.